The van der Waals surface area contributed by atoms with E-state index in [0.717, 1.165) is 51.0 Å². The molecule has 3 aliphatic rings. The van der Waals surface area contributed by atoms with Crippen LogP contribution in [0.5, 0.6) is 0 Å². The molecule has 1 atom stereocenters. The molecule has 23 heavy (non-hydrogen) atoms. The van der Waals surface area contributed by atoms with Gasteiger partial charge in [-0.15, -0.1) is 0 Å². The summed E-state index contributed by atoms with van der Waals surface area (Å²) in [5, 5.41) is 5.16. The fraction of sp³-hybridized carbons (Fsp3) is 0.625. The molecule has 2 saturated heterocycles. The molecule has 0 aromatic carbocycles. The van der Waals surface area contributed by atoms with E-state index >= 15 is 0 Å². The number of amides is 3. The summed E-state index contributed by atoms with van der Waals surface area (Å²) < 4.78 is 0. The maximum Gasteiger partial charge on any atom is 0.322 e. The van der Waals surface area contributed by atoms with Crippen molar-refractivity contribution in [1.29, 1.82) is 0 Å². The van der Waals surface area contributed by atoms with Gasteiger partial charge in [0.1, 0.15) is 17.7 Å². The van der Waals surface area contributed by atoms with Gasteiger partial charge in [0.25, 0.3) is 5.91 Å². The first-order chi connectivity index (χ1) is 11.1. The lowest BCUT2D eigenvalue weighted by atomic mass is 9.79. The average molecular weight is 315 g/mol. The molecule has 1 aromatic rings. The highest BCUT2D eigenvalue weighted by molar-refractivity contribution is 6.06. The molecule has 1 aromatic heterocycles. The van der Waals surface area contributed by atoms with Gasteiger partial charge in [-0.2, -0.15) is 0 Å². The molecule has 3 heterocycles. The third-order valence-electron chi connectivity index (χ3n) is 5.54. The summed E-state index contributed by atoms with van der Waals surface area (Å²) in [6, 6.07) is -0.381. The van der Waals surface area contributed by atoms with Crippen molar-refractivity contribution >= 4 is 17.8 Å². The summed E-state index contributed by atoms with van der Waals surface area (Å²) in [7, 11) is 0. The van der Waals surface area contributed by atoms with E-state index in [1.165, 1.54) is 11.3 Å². The molecule has 1 aliphatic carbocycles. The minimum atomic E-state index is -0.781. The highest BCUT2D eigenvalue weighted by atomic mass is 16.2. The van der Waals surface area contributed by atoms with Gasteiger partial charge in [0, 0.05) is 24.3 Å². The lowest BCUT2D eigenvalue weighted by Crippen LogP contribution is -2.54. The zero-order valence-corrected chi connectivity index (χ0v) is 13.3. The van der Waals surface area contributed by atoms with E-state index in [1.54, 1.807) is 6.33 Å². The van der Waals surface area contributed by atoms with Crippen molar-refractivity contribution < 1.29 is 9.59 Å². The normalized spacial score (nSPS) is 27.8. The number of hydrogen-bond acceptors (Lipinski definition) is 5. The number of aryl methyl sites for hydroxylation is 1. The zero-order chi connectivity index (χ0) is 16.0. The Morgan fingerprint density at radius 2 is 2.00 bits per heavy atom. The number of carbonyl (C=O) groups excluding carboxylic acids is 2. The predicted molar refractivity (Wildman–Crippen MR) is 84.1 cm³/mol. The second kappa shape index (κ2) is 5.18. The largest absolute Gasteiger partial charge is 0.356 e. The van der Waals surface area contributed by atoms with Gasteiger partial charge in [-0.25, -0.2) is 14.8 Å². The highest BCUT2D eigenvalue weighted by Crippen LogP contribution is 2.34. The molecule has 0 bridgehead atoms. The molecule has 2 fully saturated rings. The number of hydrogen-bond donors (Lipinski definition) is 2. The second-order valence-electron chi connectivity index (χ2n) is 6.85. The van der Waals surface area contributed by atoms with Crippen LogP contribution in [0.15, 0.2) is 6.33 Å². The zero-order valence-electron chi connectivity index (χ0n) is 13.3. The van der Waals surface area contributed by atoms with Crippen molar-refractivity contribution in [3.8, 4) is 0 Å². The average Bonchev–Trinajstić information content (AvgIpc) is 3.12. The molecule has 0 unspecified atom stereocenters. The monoisotopic (exact) mass is 315 g/mol. The SMILES string of the molecule is C[C@]1(C2CCN(c3ncnc4c3CCC4)CC2)NC(=O)NC1=O. The van der Waals surface area contributed by atoms with Crippen LogP contribution in [0, 0.1) is 5.92 Å². The van der Waals surface area contributed by atoms with E-state index in [4.69, 9.17) is 0 Å². The van der Waals surface area contributed by atoms with Crippen LogP contribution in [0.3, 0.4) is 0 Å². The third-order valence-corrected chi connectivity index (χ3v) is 5.54. The highest BCUT2D eigenvalue weighted by Gasteiger charge is 2.48. The van der Waals surface area contributed by atoms with E-state index in [-0.39, 0.29) is 17.9 Å². The fourth-order valence-electron chi connectivity index (χ4n) is 4.13. The van der Waals surface area contributed by atoms with E-state index in [2.05, 4.69) is 25.5 Å². The van der Waals surface area contributed by atoms with E-state index in [9.17, 15) is 9.59 Å². The minimum absolute atomic E-state index is 0.153. The van der Waals surface area contributed by atoms with Crippen LogP contribution < -0.4 is 15.5 Å². The molecular weight excluding hydrogens is 294 g/mol. The predicted octanol–water partition coefficient (Wildman–Crippen LogP) is 0.780. The number of nitrogens with zero attached hydrogens (tertiary/aromatic N) is 3. The molecule has 0 spiro atoms. The summed E-state index contributed by atoms with van der Waals surface area (Å²) in [4.78, 5) is 34.7. The molecule has 0 saturated carbocycles. The van der Waals surface area contributed by atoms with Crippen LogP contribution >= 0.6 is 0 Å². The Bertz CT molecular complexity index is 668. The lowest BCUT2D eigenvalue weighted by Gasteiger charge is -2.39. The third kappa shape index (κ3) is 2.26. The maximum absolute atomic E-state index is 12.1. The van der Waals surface area contributed by atoms with E-state index in [1.807, 2.05) is 6.92 Å². The molecule has 2 N–H and O–H groups in total. The van der Waals surface area contributed by atoms with Crippen molar-refractivity contribution in [2.75, 3.05) is 18.0 Å². The Labute approximate surface area is 134 Å². The summed E-state index contributed by atoms with van der Waals surface area (Å²) in [5.74, 6) is 1.01. The second-order valence-corrected chi connectivity index (χ2v) is 6.85. The van der Waals surface area contributed by atoms with Gasteiger partial charge in [0.2, 0.25) is 0 Å². The van der Waals surface area contributed by atoms with Crippen LogP contribution in [0.1, 0.15) is 37.4 Å². The van der Waals surface area contributed by atoms with Crippen molar-refractivity contribution in [3.05, 3.63) is 17.6 Å². The number of nitrogens with one attached hydrogen (secondary N) is 2. The first kappa shape index (κ1) is 14.4. The summed E-state index contributed by atoms with van der Waals surface area (Å²) in [6.45, 7) is 3.54. The van der Waals surface area contributed by atoms with Gasteiger partial charge < -0.3 is 10.2 Å². The summed E-state index contributed by atoms with van der Waals surface area (Å²) in [6.07, 6.45) is 6.65. The van der Waals surface area contributed by atoms with Gasteiger partial charge in [0.15, 0.2) is 0 Å². The first-order valence-corrected chi connectivity index (χ1v) is 8.29. The van der Waals surface area contributed by atoms with Crippen molar-refractivity contribution in [3.63, 3.8) is 0 Å². The quantitative estimate of drug-likeness (QED) is 0.788. The molecule has 3 amide bonds. The lowest BCUT2D eigenvalue weighted by molar-refractivity contribution is -0.125. The molecule has 7 heteroatoms. The molecule has 4 rings (SSSR count). The van der Waals surface area contributed by atoms with Gasteiger partial charge in [-0.05, 0) is 44.9 Å². The Hall–Kier alpha value is -2.18. The smallest absolute Gasteiger partial charge is 0.322 e. The topological polar surface area (TPSA) is 87.2 Å². The number of piperidine rings is 1. The van der Waals surface area contributed by atoms with Gasteiger partial charge in [-0.3, -0.25) is 10.1 Å². The Morgan fingerprint density at radius 3 is 2.70 bits per heavy atom. The Morgan fingerprint density at radius 1 is 1.22 bits per heavy atom. The van der Waals surface area contributed by atoms with E-state index < -0.39 is 5.54 Å². The molecule has 0 radical (unpaired) electrons. The number of aromatic nitrogens is 2. The van der Waals surface area contributed by atoms with Gasteiger partial charge in [0.05, 0.1) is 0 Å². The minimum Gasteiger partial charge on any atom is -0.356 e. The van der Waals surface area contributed by atoms with E-state index in [0.29, 0.717) is 0 Å². The first-order valence-electron chi connectivity index (χ1n) is 8.29. The molecule has 2 aliphatic heterocycles. The number of rotatable bonds is 2. The standard InChI is InChI=1S/C16H21N5O2/c1-16(14(22)19-15(23)20-16)10-5-7-21(8-6-10)13-11-3-2-4-12(11)17-9-18-13/h9-10H,2-8H2,1H3,(H2,19,20,22,23)/t16-/m1/s1. The molecule has 122 valence electrons. The molecular formula is C16H21N5O2. The Balaban J connectivity index is 1.49. The summed E-state index contributed by atoms with van der Waals surface area (Å²) >= 11 is 0. The number of imide groups is 1. The van der Waals surface area contributed by atoms with Crippen LogP contribution in [0.4, 0.5) is 10.6 Å². The van der Waals surface area contributed by atoms with Gasteiger partial charge >= 0.3 is 6.03 Å². The number of anilines is 1. The van der Waals surface area contributed by atoms with Crippen LogP contribution in [-0.4, -0.2) is 40.5 Å². The van der Waals surface area contributed by atoms with Crippen LogP contribution in [-0.2, 0) is 17.6 Å². The van der Waals surface area contributed by atoms with Crippen molar-refractivity contribution in [1.82, 2.24) is 20.6 Å². The van der Waals surface area contributed by atoms with Crippen LogP contribution in [0.2, 0.25) is 0 Å². The van der Waals surface area contributed by atoms with Crippen molar-refractivity contribution in [2.45, 2.75) is 44.6 Å². The Kier molecular flexibility index (Phi) is 3.25. The molecule has 7 nitrogen and oxygen atoms in total. The fourth-order valence-corrected chi connectivity index (χ4v) is 4.13. The van der Waals surface area contributed by atoms with Gasteiger partial charge in [-0.1, -0.05) is 0 Å². The number of fused-ring (bicyclic) bond motifs is 1. The number of carbonyl (C=O) groups is 2. The van der Waals surface area contributed by atoms with Crippen LogP contribution in [0.25, 0.3) is 0 Å². The number of urea groups is 1. The summed E-state index contributed by atoms with van der Waals surface area (Å²) in [5.41, 5.74) is 1.70. The van der Waals surface area contributed by atoms with Crippen molar-refractivity contribution in [2.24, 2.45) is 5.92 Å². The maximum atomic E-state index is 12.1.